The van der Waals surface area contributed by atoms with Crippen molar-refractivity contribution in [2.75, 3.05) is 52.3 Å². The van der Waals surface area contributed by atoms with Crippen LogP contribution in [0, 0.1) is 34.6 Å². The van der Waals surface area contributed by atoms with Crippen LogP contribution in [-0.2, 0) is 44.0 Å². The predicted octanol–water partition coefficient (Wildman–Crippen LogP) is 8.44. The van der Waals surface area contributed by atoms with Crippen molar-refractivity contribution in [2.24, 2.45) is 4.99 Å². The Morgan fingerprint density at radius 1 is 0.657 bits per heavy atom. The van der Waals surface area contributed by atoms with Crippen molar-refractivity contribution in [1.29, 1.82) is 0 Å². The van der Waals surface area contributed by atoms with Crippen LogP contribution in [0.2, 0.25) is 0 Å². The van der Waals surface area contributed by atoms with Crippen molar-refractivity contribution in [1.82, 2.24) is 39.5 Å². The lowest BCUT2D eigenvalue weighted by atomic mass is 10.1. The molecule has 7 heterocycles. The van der Waals surface area contributed by atoms with Crippen molar-refractivity contribution >= 4 is 76.7 Å². The van der Waals surface area contributed by atoms with Crippen LogP contribution in [0.1, 0.15) is 98.0 Å². The van der Waals surface area contributed by atoms with Crippen LogP contribution in [0.3, 0.4) is 0 Å². The number of hydrogen-bond acceptors (Lipinski definition) is 15. The first-order chi connectivity index (χ1) is 35.7. The highest BCUT2D eigenvalue weighted by atomic mass is 32.2. The monoisotopic (exact) mass is 991 g/mol. The highest BCUT2D eigenvalue weighted by Gasteiger charge is 2.26. The zero-order chi connectivity index (χ0) is 55.1. The molecule has 0 radical (unpaired) electrons. The van der Waals surface area contributed by atoms with Gasteiger partial charge in [-0.05, 0) is 109 Å². The molecule has 1 fully saturated rings. The second kappa shape index (κ2) is 20.2. The third-order valence-corrected chi connectivity index (χ3v) is 13.5. The van der Waals surface area contributed by atoms with E-state index in [9.17, 15) is 16.8 Å². The van der Waals surface area contributed by atoms with Gasteiger partial charge in [0.2, 0.25) is 20.0 Å². The van der Waals surface area contributed by atoms with Crippen molar-refractivity contribution < 1.29 is 29.8 Å². The minimum Gasteiger partial charge on any atom is -0.358 e. The summed E-state index contributed by atoms with van der Waals surface area (Å²) in [6, 6.07) is 20.8. The first-order valence-electron chi connectivity index (χ1n) is 25.6. The van der Waals surface area contributed by atoms with Gasteiger partial charge in [0.05, 0.1) is 69.3 Å². The topological polar surface area (TPSA) is 216 Å². The number of benzene rings is 2. The van der Waals surface area contributed by atoms with Crippen LogP contribution in [0.25, 0.3) is 11.2 Å². The molecule has 0 amide bonds. The summed E-state index contributed by atoms with van der Waals surface area (Å²) < 4.78 is 105. The van der Waals surface area contributed by atoms with Crippen LogP contribution >= 0.6 is 0 Å². The molecule has 2 aromatic carbocycles. The minimum absolute atomic E-state index is 0.184. The Bertz CT molecular complexity index is 3570. The molecule has 2 aliphatic heterocycles. The lowest BCUT2D eigenvalue weighted by Crippen LogP contribution is -2.25. The van der Waals surface area contributed by atoms with E-state index < -0.39 is 32.4 Å². The third-order valence-electron chi connectivity index (χ3n) is 11.7. The van der Waals surface area contributed by atoms with E-state index in [0.29, 0.717) is 77.1 Å². The molecule has 0 spiro atoms. The fourth-order valence-electron chi connectivity index (χ4n) is 8.63. The van der Waals surface area contributed by atoms with E-state index in [2.05, 4.69) is 35.6 Å². The van der Waals surface area contributed by atoms with E-state index in [1.807, 2.05) is 70.4 Å². The summed E-state index contributed by atoms with van der Waals surface area (Å²) >= 11 is 0. The fourth-order valence-corrected chi connectivity index (χ4v) is 9.47. The van der Waals surface area contributed by atoms with Gasteiger partial charge >= 0.3 is 0 Å². The average molecular weight is 992 g/mol. The number of para-hydroxylation sites is 4. The maximum atomic E-state index is 12.8. The van der Waals surface area contributed by atoms with Gasteiger partial charge in [0.15, 0.2) is 5.65 Å². The molecular weight excluding hydrogens is 927 g/mol. The quantitative estimate of drug-likeness (QED) is 0.111. The van der Waals surface area contributed by atoms with E-state index in [1.54, 1.807) is 48.5 Å². The molecule has 0 aliphatic carbocycles. The van der Waals surface area contributed by atoms with Crippen LogP contribution in [0.15, 0.2) is 77.8 Å². The molecule has 7 aromatic rings. The minimum atomic E-state index is -4.63. The van der Waals surface area contributed by atoms with Crippen LogP contribution in [0.5, 0.6) is 0 Å². The van der Waals surface area contributed by atoms with E-state index in [-0.39, 0.29) is 17.6 Å². The fraction of sp³-hybridized carbons (Fsp3) is 0.360. The molecule has 1 atom stereocenters. The van der Waals surface area contributed by atoms with Gasteiger partial charge in [-0.15, -0.1) is 0 Å². The Morgan fingerprint density at radius 2 is 1.19 bits per heavy atom. The van der Waals surface area contributed by atoms with Crippen LogP contribution < -0.4 is 19.2 Å². The number of fused-ring (bicyclic) bond motifs is 2. The number of imidazole rings is 1. The Morgan fingerprint density at radius 3 is 1.73 bits per heavy atom. The summed E-state index contributed by atoms with van der Waals surface area (Å²) in [4.78, 5) is 37.0. The summed E-state index contributed by atoms with van der Waals surface area (Å²) in [6.45, 7) is 12.0. The van der Waals surface area contributed by atoms with Crippen molar-refractivity contribution in [3.05, 3.63) is 130 Å². The van der Waals surface area contributed by atoms with Gasteiger partial charge in [-0.25, -0.2) is 46.7 Å². The van der Waals surface area contributed by atoms with Gasteiger partial charge in [0.25, 0.3) is 0 Å². The molecule has 1 unspecified atom stereocenters. The van der Waals surface area contributed by atoms with Gasteiger partial charge in [-0.2, -0.15) is 0 Å². The molecule has 9 rings (SSSR count). The number of aryl methyl sites for hydroxylation is 5. The van der Waals surface area contributed by atoms with E-state index in [0.717, 1.165) is 79.3 Å². The van der Waals surface area contributed by atoms with Gasteiger partial charge < -0.3 is 15.4 Å². The molecule has 70 heavy (non-hydrogen) atoms. The molecule has 366 valence electrons. The largest absolute Gasteiger partial charge is 0.358 e. The molecule has 2 aliphatic rings. The lowest BCUT2D eigenvalue weighted by Gasteiger charge is -2.25. The number of anilines is 6. The Labute approximate surface area is 418 Å². The molecular formula is C50H59N13O5S2. The Hall–Kier alpha value is -6.90. The number of sulfonamides is 2. The number of hydrogen-bond donors (Lipinski definition) is 2. The molecule has 5 aromatic heterocycles. The molecule has 0 saturated carbocycles. The number of aromatic nitrogens is 8. The number of ether oxygens (including phenoxy) is 1. The summed E-state index contributed by atoms with van der Waals surface area (Å²) in [5.41, 5.74) is 11.0. The molecule has 1 saturated heterocycles. The zero-order valence-corrected chi connectivity index (χ0v) is 41.9. The summed E-state index contributed by atoms with van der Waals surface area (Å²) in [7, 11) is -6.75. The molecule has 18 nitrogen and oxygen atoms in total. The first kappa shape index (κ1) is 42.0. The summed E-state index contributed by atoms with van der Waals surface area (Å²) in [5, 5.41) is 6.61. The molecule has 2 N–H and O–H groups in total. The number of pyridine rings is 2. The van der Waals surface area contributed by atoms with Crippen molar-refractivity contribution in [3.63, 3.8) is 0 Å². The highest BCUT2D eigenvalue weighted by Crippen LogP contribution is 2.39. The van der Waals surface area contributed by atoms with Gasteiger partial charge in [-0.3, -0.25) is 23.2 Å². The second-order valence-electron chi connectivity index (χ2n) is 17.3. The standard InChI is InChI=1S/C27H33N7O3S.C23H26N6O2S/c1-17-14-20(29-18(2)28-17)15-21-16-23(32-22-10-6-7-11-24(22)33(4)38(5,35)36)26-27(31-21)34(19(3)30-26)25-12-8-9-13-37-25;1-14-10-17(26-16(3)24-14)12-18-13-21(23-20(27-18)11-15(2)25-23)28-19-8-6-7-9-22(19)29(4)32(5,30)31/h6-7,10-11,14,16,25H,8-9,12-13,15H2,1-5H3,(H,31,32);6-10,13H,11-12H2,1-5H3,(H,27,28)/i2*5D3. The molecule has 0 bridgehead atoms. The number of aliphatic imine (C=N–C) groups is 1. The normalized spacial score (nSPS) is 16.3. The number of nitrogens with one attached hydrogen (secondary N) is 2. The van der Waals surface area contributed by atoms with Gasteiger partial charge in [0, 0.05) is 71.0 Å². The Balaban J connectivity index is 0.000000204. The number of nitrogens with zero attached hydrogens (tertiary/aromatic N) is 11. The summed E-state index contributed by atoms with van der Waals surface area (Å²) in [6.07, 6.45) is -2.20. The van der Waals surface area contributed by atoms with Gasteiger partial charge in [0.1, 0.15) is 34.9 Å². The smallest absolute Gasteiger partial charge is 0.232 e. The second-order valence-corrected chi connectivity index (χ2v) is 20.3. The van der Waals surface area contributed by atoms with Crippen LogP contribution in [-0.4, -0.2) is 95.1 Å². The third kappa shape index (κ3) is 11.4. The Kier molecular flexibility index (Phi) is 12.1. The van der Waals surface area contributed by atoms with Crippen molar-refractivity contribution in [2.45, 2.75) is 86.3 Å². The van der Waals surface area contributed by atoms with Crippen LogP contribution in [0.4, 0.5) is 39.8 Å². The summed E-state index contributed by atoms with van der Waals surface area (Å²) in [5.74, 6) is 2.10. The van der Waals surface area contributed by atoms with E-state index in [1.165, 1.54) is 14.1 Å². The van der Waals surface area contributed by atoms with E-state index in [4.69, 9.17) is 27.9 Å². The SMILES string of the molecule is [2H]C([2H])([2H])S(=O)(=O)N(C)c1ccccc1Nc1cc(Cc2cc(C)nc(C)n2)nc2c1N=C(C)C2.[2H]C([2H])([2H])S(=O)(=O)N(C)c1ccccc1Nc1cc(Cc2cc(C)nc(C)n2)nc2c1nc(C)n2C1CCCCO1. The number of rotatable bonds is 13. The average Bonchev–Trinajstić information content (AvgIpc) is 3.92. The zero-order valence-electron chi connectivity index (χ0n) is 46.2. The highest BCUT2D eigenvalue weighted by molar-refractivity contribution is 7.92. The first-order valence-corrected chi connectivity index (χ1v) is 25.5. The van der Waals surface area contributed by atoms with Gasteiger partial charge in [-0.1, -0.05) is 24.3 Å². The predicted molar refractivity (Wildman–Crippen MR) is 276 cm³/mol. The maximum Gasteiger partial charge on any atom is 0.232 e. The maximum absolute atomic E-state index is 12.8. The lowest BCUT2D eigenvalue weighted by molar-refractivity contribution is -0.0309. The molecule has 20 heteroatoms. The van der Waals surface area contributed by atoms with E-state index >= 15 is 0 Å². The van der Waals surface area contributed by atoms with Crippen molar-refractivity contribution in [3.8, 4) is 0 Å².